The number of carbonyl (C=O) groups is 2. The van der Waals surface area contributed by atoms with E-state index in [1.54, 1.807) is 0 Å². The second-order valence-electron chi connectivity index (χ2n) is 8.56. The molecule has 164 valence electrons. The van der Waals surface area contributed by atoms with E-state index in [0.29, 0.717) is 25.4 Å². The number of hydrogen-bond acceptors (Lipinski definition) is 4. The highest BCUT2D eigenvalue weighted by Crippen LogP contribution is 2.45. The van der Waals surface area contributed by atoms with Gasteiger partial charge in [0.25, 0.3) is 0 Å². The number of carbonyl (C=O) groups excluding carboxylic acids is 2. The van der Waals surface area contributed by atoms with Crippen LogP contribution in [0.15, 0.2) is 59.1 Å². The molecule has 0 radical (unpaired) electrons. The van der Waals surface area contributed by atoms with Gasteiger partial charge in [0.1, 0.15) is 6.61 Å². The van der Waals surface area contributed by atoms with Crippen LogP contribution in [0.3, 0.4) is 0 Å². The van der Waals surface area contributed by atoms with Crippen molar-refractivity contribution in [1.29, 1.82) is 0 Å². The van der Waals surface area contributed by atoms with Crippen LogP contribution in [-0.4, -0.2) is 23.9 Å². The monoisotopic (exact) mass is 504 g/mol. The molecule has 4 nitrogen and oxygen atoms in total. The van der Waals surface area contributed by atoms with Gasteiger partial charge < -0.3 is 9.47 Å². The summed E-state index contributed by atoms with van der Waals surface area (Å²) in [6.07, 6.45) is 3.43. The molecule has 2 aliphatic carbocycles. The van der Waals surface area contributed by atoms with Gasteiger partial charge in [0.05, 0.1) is 12.0 Å². The molecule has 2 saturated carbocycles. The van der Waals surface area contributed by atoms with Gasteiger partial charge in [-0.15, -0.1) is 0 Å². The first-order chi connectivity index (χ1) is 15.0. The van der Waals surface area contributed by atoms with Crippen LogP contribution < -0.4 is 0 Å². The molecular weight excluding hydrogens is 480 g/mol. The van der Waals surface area contributed by atoms with Gasteiger partial charge in [0.2, 0.25) is 5.24 Å². The fourth-order valence-corrected chi connectivity index (χ4v) is 4.86. The maximum Gasteiger partial charge on any atom is 0.310 e. The van der Waals surface area contributed by atoms with E-state index >= 15 is 0 Å². The molecule has 0 saturated heterocycles. The van der Waals surface area contributed by atoms with Crippen molar-refractivity contribution in [2.45, 2.75) is 44.3 Å². The first kappa shape index (κ1) is 22.5. The molecule has 0 aromatic heterocycles. The Morgan fingerprint density at radius 2 is 1.71 bits per heavy atom. The van der Waals surface area contributed by atoms with Crippen LogP contribution in [0, 0.1) is 17.8 Å². The lowest BCUT2D eigenvalue weighted by Gasteiger charge is -2.39. The maximum absolute atomic E-state index is 13.2. The van der Waals surface area contributed by atoms with Gasteiger partial charge in [-0.1, -0.05) is 58.4 Å². The third-order valence-electron chi connectivity index (χ3n) is 6.25. The Bertz CT molecular complexity index is 897. The lowest BCUT2D eigenvalue weighted by molar-refractivity contribution is -0.158. The van der Waals surface area contributed by atoms with E-state index in [2.05, 4.69) is 15.9 Å². The molecule has 0 unspecified atom stereocenters. The third-order valence-corrected chi connectivity index (χ3v) is 7.06. The third kappa shape index (κ3) is 5.97. The van der Waals surface area contributed by atoms with Crippen LogP contribution in [0.2, 0.25) is 0 Å². The second kappa shape index (κ2) is 10.3. The van der Waals surface area contributed by atoms with Crippen molar-refractivity contribution in [3.8, 4) is 0 Å². The molecule has 6 heteroatoms. The number of halogens is 2. The van der Waals surface area contributed by atoms with E-state index in [1.165, 1.54) is 12.8 Å². The van der Waals surface area contributed by atoms with Crippen molar-refractivity contribution in [3.05, 3.63) is 70.2 Å². The minimum absolute atomic E-state index is 0.0971. The SMILES string of the molecule is O=C(OCc1ccccc1)[C@@H]1[C@@H](c2ccc(Br)cc2)C[C@@H](OCC2CC2)C[C@H]1C(=O)Cl. The van der Waals surface area contributed by atoms with E-state index in [4.69, 9.17) is 21.1 Å². The zero-order valence-corrected chi connectivity index (χ0v) is 19.6. The Morgan fingerprint density at radius 1 is 1.00 bits per heavy atom. The molecule has 2 aromatic rings. The quantitative estimate of drug-likeness (QED) is 0.333. The average molecular weight is 506 g/mol. The van der Waals surface area contributed by atoms with Crippen LogP contribution in [0.25, 0.3) is 0 Å². The highest BCUT2D eigenvalue weighted by atomic mass is 79.9. The van der Waals surface area contributed by atoms with E-state index in [1.807, 2.05) is 54.6 Å². The van der Waals surface area contributed by atoms with Crippen LogP contribution in [-0.2, 0) is 25.7 Å². The first-order valence-corrected chi connectivity index (χ1v) is 12.0. The molecule has 4 rings (SSSR count). The normalized spacial score (nSPS) is 25.7. The standard InChI is InChI=1S/C25H26BrClO4/c26-19-10-8-18(9-11-19)21-12-20(30-14-17-6-7-17)13-22(24(27)28)23(21)25(29)31-15-16-4-2-1-3-5-16/h1-5,8-11,17,20-23H,6-7,12-15H2/t20-,21-,22-,23-/m1/s1. The first-order valence-electron chi connectivity index (χ1n) is 10.8. The number of hydrogen-bond donors (Lipinski definition) is 0. The van der Waals surface area contributed by atoms with Crippen LogP contribution in [0.1, 0.15) is 42.7 Å². The summed E-state index contributed by atoms with van der Waals surface area (Å²) < 4.78 is 12.8. The molecule has 4 atom stereocenters. The molecule has 0 N–H and O–H groups in total. The number of rotatable bonds is 8. The second-order valence-corrected chi connectivity index (χ2v) is 9.85. The largest absolute Gasteiger partial charge is 0.461 e. The van der Waals surface area contributed by atoms with Crippen molar-refractivity contribution >= 4 is 38.7 Å². The van der Waals surface area contributed by atoms with E-state index in [0.717, 1.165) is 15.6 Å². The van der Waals surface area contributed by atoms with Crippen LogP contribution in [0.4, 0.5) is 0 Å². The number of esters is 1. The molecule has 0 spiro atoms. The van der Waals surface area contributed by atoms with E-state index in [9.17, 15) is 9.59 Å². The highest BCUT2D eigenvalue weighted by Gasteiger charge is 2.47. The lowest BCUT2D eigenvalue weighted by Crippen LogP contribution is -2.42. The van der Waals surface area contributed by atoms with Gasteiger partial charge >= 0.3 is 5.97 Å². The van der Waals surface area contributed by atoms with E-state index in [-0.39, 0.29) is 24.6 Å². The van der Waals surface area contributed by atoms with Crippen molar-refractivity contribution in [2.75, 3.05) is 6.61 Å². The van der Waals surface area contributed by atoms with Crippen molar-refractivity contribution in [2.24, 2.45) is 17.8 Å². The minimum Gasteiger partial charge on any atom is -0.461 e. The summed E-state index contributed by atoms with van der Waals surface area (Å²) in [6, 6.07) is 17.4. The Balaban J connectivity index is 1.56. The predicted octanol–water partition coefficient (Wildman–Crippen LogP) is 5.86. The molecule has 31 heavy (non-hydrogen) atoms. The topological polar surface area (TPSA) is 52.6 Å². The fourth-order valence-electron chi connectivity index (χ4n) is 4.37. The van der Waals surface area contributed by atoms with Crippen LogP contribution in [0.5, 0.6) is 0 Å². The molecular formula is C25H26BrClO4. The number of ether oxygens (including phenoxy) is 2. The van der Waals surface area contributed by atoms with Gasteiger partial charge in [-0.2, -0.15) is 0 Å². The molecule has 0 amide bonds. The van der Waals surface area contributed by atoms with Crippen LogP contribution >= 0.6 is 27.5 Å². The molecule has 0 aliphatic heterocycles. The minimum atomic E-state index is -0.629. The summed E-state index contributed by atoms with van der Waals surface area (Å²) in [7, 11) is 0. The van der Waals surface area contributed by atoms with E-state index < -0.39 is 17.1 Å². The van der Waals surface area contributed by atoms with Crippen molar-refractivity contribution < 1.29 is 19.1 Å². The molecule has 0 heterocycles. The van der Waals surface area contributed by atoms with Gasteiger partial charge in [0.15, 0.2) is 0 Å². The summed E-state index contributed by atoms with van der Waals surface area (Å²) in [4.78, 5) is 25.6. The zero-order chi connectivity index (χ0) is 21.8. The van der Waals surface area contributed by atoms with Gasteiger partial charge in [0, 0.05) is 22.9 Å². The average Bonchev–Trinajstić information content (AvgIpc) is 3.61. The fraction of sp³-hybridized carbons (Fsp3) is 0.440. The number of benzene rings is 2. The Labute approximate surface area is 196 Å². The summed E-state index contributed by atoms with van der Waals surface area (Å²) >= 11 is 9.49. The van der Waals surface area contributed by atoms with Gasteiger partial charge in [-0.25, -0.2) is 0 Å². The van der Waals surface area contributed by atoms with Crippen molar-refractivity contribution in [3.63, 3.8) is 0 Å². The summed E-state index contributed by atoms with van der Waals surface area (Å²) in [6.45, 7) is 0.887. The summed E-state index contributed by atoms with van der Waals surface area (Å²) in [5.74, 6) is -1.20. The summed E-state index contributed by atoms with van der Waals surface area (Å²) in [5.41, 5.74) is 1.90. The lowest BCUT2D eigenvalue weighted by atomic mass is 9.68. The smallest absolute Gasteiger partial charge is 0.310 e. The maximum atomic E-state index is 13.2. The Morgan fingerprint density at radius 3 is 2.35 bits per heavy atom. The Kier molecular flexibility index (Phi) is 7.47. The van der Waals surface area contributed by atoms with Gasteiger partial charge in [-0.3, -0.25) is 9.59 Å². The molecule has 2 fully saturated rings. The van der Waals surface area contributed by atoms with Crippen molar-refractivity contribution in [1.82, 2.24) is 0 Å². The molecule has 2 aromatic carbocycles. The molecule has 0 bridgehead atoms. The zero-order valence-electron chi connectivity index (χ0n) is 17.2. The summed E-state index contributed by atoms with van der Waals surface area (Å²) in [5, 5.41) is -0.497. The van der Waals surface area contributed by atoms with Gasteiger partial charge in [-0.05, 0) is 66.5 Å². The Hall–Kier alpha value is -1.69. The highest BCUT2D eigenvalue weighted by molar-refractivity contribution is 9.10. The molecule has 2 aliphatic rings. The predicted molar refractivity (Wildman–Crippen MR) is 123 cm³/mol.